The van der Waals surface area contributed by atoms with Gasteiger partial charge in [-0.15, -0.1) is 0 Å². The second-order valence-electron chi connectivity index (χ2n) is 7.50. The molecule has 0 aromatic heterocycles. The molecule has 0 aliphatic carbocycles. The number of carbonyl (C=O) groups is 2. The summed E-state index contributed by atoms with van der Waals surface area (Å²) in [7, 11) is -4.21. The molecule has 0 radical (unpaired) electrons. The summed E-state index contributed by atoms with van der Waals surface area (Å²) in [6.07, 6.45) is 0. The van der Waals surface area contributed by atoms with Crippen molar-refractivity contribution in [3.05, 3.63) is 88.7 Å². The number of amides is 2. The van der Waals surface area contributed by atoms with Crippen LogP contribution < -0.4 is 9.50 Å². The number of rotatable bonds is 8. The highest BCUT2D eigenvalue weighted by Crippen LogP contribution is 2.28. The van der Waals surface area contributed by atoms with Gasteiger partial charge in [-0.05, 0) is 60.2 Å². The van der Waals surface area contributed by atoms with Gasteiger partial charge >= 0.3 is 10.1 Å². The Labute approximate surface area is 202 Å². The molecular formula is C24H22ClFN2O5S. The minimum Gasteiger partial charge on any atom is -0.379 e. The maximum atomic E-state index is 13.2. The van der Waals surface area contributed by atoms with Gasteiger partial charge in [0.1, 0.15) is 16.5 Å². The summed E-state index contributed by atoms with van der Waals surface area (Å²) in [4.78, 5) is 24.8. The second kappa shape index (κ2) is 10.7. The molecule has 0 unspecified atom stereocenters. The third-order valence-electron chi connectivity index (χ3n) is 4.78. The van der Waals surface area contributed by atoms with E-state index in [9.17, 15) is 22.4 Å². The van der Waals surface area contributed by atoms with Crippen molar-refractivity contribution >= 4 is 39.2 Å². The molecule has 3 aromatic carbocycles. The van der Waals surface area contributed by atoms with Crippen molar-refractivity contribution in [2.75, 3.05) is 5.32 Å². The lowest BCUT2D eigenvalue weighted by Gasteiger charge is -2.23. The van der Waals surface area contributed by atoms with Gasteiger partial charge < -0.3 is 14.4 Å². The highest BCUT2D eigenvalue weighted by molar-refractivity contribution is 7.87. The van der Waals surface area contributed by atoms with Gasteiger partial charge in [-0.2, -0.15) is 8.42 Å². The first-order valence-electron chi connectivity index (χ1n) is 10.1. The SMILES string of the molecule is CC(=O)Nc1ccc(S(=O)(=O)Oc2ccc(Cl)cc2CN(Cc2ccc(F)cc2)C(C)=O)cc1. The van der Waals surface area contributed by atoms with E-state index in [-0.39, 0.29) is 41.4 Å². The van der Waals surface area contributed by atoms with Gasteiger partial charge in [0.05, 0.1) is 0 Å². The molecule has 3 aromatic rings. The molecule has 1 N–H and O–H groups in total. The van der Waals surface area contributed by atoms with Gasteiger partial charge in [0.15, 0.2) is 0 Å². The molecule has 0 spiro atoms. The Morgan fingerprint density at radius 2 is 1.62 bits per heavy atom. The van der Waals surface area contributed by atoms with E-state index >= 15 is 0 Å². The molecule has 0 aliphatic heterocycles. The third kappa shape index (κ3) is 6.79. The monoisotopic (exact) mass is 504 g/mol. The molecular weight excluding hydrogens is 483 g/mol. The van der Waals surface area contributed by atoms with Crippen LogP contribution in [0, 0.1) is 5.82 Å². The zero-order valence-corrected chi connectivity index (χ0v) is 20.0. The lowest BCUT2D eigenvalue weighted by molar-refractivity contribution is -0.130. The van der Waals surface area contributed by atoms with Gasteiger partial charge in [0.2, 0.25) is 11.8 Å². The molecule has 0 saturated heterocycles. The van der Waals surface area contributed by atoms with E-state index in [0.717, 1.165) is 0 Å². The van der Waals surface area contributed by atoms with Gasteiger partial charge in [-0.1, -0.05) is 23.7 Å². The number of nitrogens with one attached hydrogen (secondary N) is 1. The first-order valence-corrected chi connectivity index (χ1v) is 11.9. The van der Waals surface area contributed by atoms with Gasteiger partial charge in [-0.25, -0.2) is 4.39 Å². The first kappa shape index (κ1) is 25.2. The lowest BCUT2D eigenvalue weighted by Crippen LogP contribution is -2.28. The number of carbonyl (C=O) groups excluding carboxylic acids is 2. The van der Waals surface area contributed by atoms with Crippen LogP contribution in [0.1, 0.15) is 25.0 Å². The van der Waals surface area contributed by atoms with E-state index in [1.165, 1.54) is 73.3 Å². The average Bonchev–Trinajstić information content (AvgIpc) is 2.76. The van der Waals surface area contributed by atoms with Crippen LogP contribution in [0.15, 0.2) is 71.6 Å². The fourth-order valence-corrected chi connectivity index (χ4v) is 4.28. The number of hydrogen-bond donors (Lipinski definition) is 1. The zero-order valence-electron chi connectivity index (χ0n) is 18.4. The standard InChI is InChI=1S/C24H22ClFN2O5S/c1-16(29)27-22-8-10-23(11-9-22)34(31,32)33-24-12-5-20(25)13-19(24)15-28(17(2)30)14-18-3-6-21(26)7-4-18/h3-13H,14-15H2,1-2H3,(H,27,29). The highest BCUT2D eigenvalue weighted by Gasteiger charge is 2.21. The van der Waals surface area contributed by atoms with E-state index in [1.54, 1.807) is 12.1 Å². The summed E-state index contributed by atoms with van der Waals surface area (Å²) >= 11 is 6.12. The predicted molar refractivity (Wildman–Crippen MR) is 126 cm³/mol. The molecule has 0 aliphatic rings. The minimum absolute atomic E-state index is 0.0135. The van der Waals surface area contributed by atoms with Crippen molar-refractivity contribution in [2.24, 2.45) is 0 Å². The van der Waals surface area contributed by atoms with E-state index in [4.69, 9.17) is 15.8 Å². The van der Waals surface area contributed by atoms with Gasteiger partial charge in [0.25, 0.3) is 0 Å². The molecule has 2 amide bonds. The molecule has 0 atom stereocenters. The topological polar surface area (TPSA) is 92.8 Å². The highest BCUT2D eigenvalue weighted by atomic mass is 35.5. The lowest BCUT2D eigenvalue weighted by atomic mass is 10.1. The molecule has 0 fully saturated rings. The van der Waals surface area contributed by atoms with Crippen molar-refractivity contribution in [1.82, 2.24) is 4.90 Å². The maximum absolute atomic E-state index is 13.2. The van der Waals surface area contributed by atoms with Crippen LogP contribution >= 0.6 is 11.6 Å². The molecule has 10 heteroatoms. The molecule has 7 nitrogen and oxygen atoms in total. The van der Waals surface area contributed by atoms with Crippen LogP contribution in [0.25, 0.3) is 0 Å². The molecule has 0 bridgehead atoms. The summed E-state index contributed by atoms with van der Waals surface area (Å²) in [5.41, 5.74) is 1.52. The Morgan fingerprint density at radius 3 is 2.21 bits per heavy atom. The zero-order chi connectivity index (χ0) is 24.9. The largest absolute Gasteiger partial charge is 0.379 e. The van der Waals surface area contributed by atoms with Crippen molar-refractivity contribution in [3.8, 4) is 5.75 Å². The van der Waals surface area contributed by atoms with Crippen LogP contribution in [-0.2, 0) is 32.8 Å². The maximum Gasteiger partial charge on any atom is 0.339 e. The minimum atomic E-state index is -4.21. The predicted octanol–water partition coefficient (Wildman–Crippen LogP) is 4.75. The van der Waals surface area contributed by atoms with E-state index in [1.807, 2.05) is 0 Å². The summed E-state index contributed by atoms with van der Waals surface area (Å²) in [6, 6.07) is 15.7. The Morgan fingerprint density at radius 1 is 0.971 bits per heavy atom. The normalized spacial score (nSPS) is 11.1. The van der Waals surface area contributed by atoms with E-state index in [2.05, 4.69) is 5.32 Å². The van der Waals surface area contributed by atoms with Crippen LogP contribution in [0.4, 0.5) is 10.1 Å². The van der Waals surface area contributed by atoms with Crippen molar-refractivity contribution in [1.29, 1.82) is 0 Å². The van der Waals surface area contributed by atoms with E-state index in [0.29, 0.717) is 21.8 Å². The molecule has 178 valence electrons. The number of hydrogen-bond acceptors (Lipinski definition) is 5. The smallest absolute Gasteiger partial charge is 0.339 e. The summed E-state index contributed by atoms with van der Waals surface area (Å²) in [5, 5.41) is 2.89. The Balaban J connectivity index is 1.85. The Bertz CT molecular complexity index is 1300. The van der Waals surface area contributed by atoms with Gasteiger partial charge in [0, 0.05) is 43.2 Å². The molecule has 34 heavy (non-hydrogen) atoms. The number of benzene rings is 3. The summed E-state index contributed by atoms with van der Waals surface area (Å²) in [5.74, 6) is -0.931. The van der Waals surface area contributed by atoms with Crippen LogP contribution in [0.3, 0.4) is 0 Å². The van der Waals surface area contributed by atoms with Crippen LogP contribution in [0.5, 0.6) is 5.75 Å². The fraction of sp³-hybridized carbons (Fsp3) is 0.167. The molecule has 3 rings (SSSR count). The van der Waals surface area contributed by atoms with Crippen molar-refractivity contribution in [2.45, 2.75) is 31.8 Å². The van der Waals surface area contributed by atoms with Crippen LogP contribution in [-0.4, -0.2) is 25.1 Å². The second-order valence-corrected chi connectivity index (χ2v) is 9.48. The Hall–Kier alpha value is -3.43. The summed E-state index contributed by atoms with van der Waals surface area (Å²) < 4.78 is 44.3. The van der Waals surface area contributed by atoms with Crippen molar-refractivity contribution in [3.63, 3.8) is 0 Å². The average molecular weight is 505 g/mol. The summed E-state index contributed by atoms with van der Waals surface area (Å²) in [6.45, 7) is 2.91. The third-order valence-corrected chi connectivity index (χ3v) is 6.26. The fourth-order valence-electron chi connectivity index (χ4n) is 3.12. The van der Waals surface area contributed by atoms with E-state index < -0.39 is 10.1 Å². The number of nitrogens with zero attached hydrogens (tertiary/aromatic N) is 1. The quantitative estimate of drug-likeness (QED) is 0.447. The first-order chi connectivity index (χ1) is 16.0. The number of halogens is 2. The van der Waals surface area contributed by atoms with Gasteiger partial charge in [-0.3, -0.25) is 9.59 Å². The van der Waals surface area contributed by atoms with Crippen LogP contribution in [0.2, 0.25) is 5.02 Å². The van der Waals surface area contributed by atoms with Crippen molar-refractivity contribution < 1.29 is 26.6 Å². The number of anilines is 1. The Kier molecular flexibility index (Phi) is 7.90. The molecule has 0 heterocycles. The molecule has 0 saturated carbocycles.